The van der Waals surface area contributed by atoms with Gasteiger partial charge < -0.3 is 18.6 Å². The van der Waals surface area contributed by atoms with Gasteiger partial charge in [0.15, 0.2) is 5.58 Å². The van der Waals surface area contributed by atoms with Crippen molar-refractivity contribution < 1.29 is 8.83 Å². The smallest absolute Gasteiger partial charge is 0.159 e. The van der Waals surface area contributed by atoms with Crippen LogP contribution in [0.4, 0.5) is 28.4 Å². The molecule has 320 valence electrons. The SMILES string of the molecule is C1=CC(N(c2ccc3c(c2)C2(c4ccccc4-c4ccc(N(c5ccccc5)c5cccc6c5oc5ccccc56)cc42)c2sc4ccccc4c2-3)c2ccc3oc4ccccc4c3c2)=CCC1. The Hall–Kier alpha value is -8.38. The molecule has 0 N–H and O–H groups in total. The maximum absolute atomic E-state index is 6.77. The summed E-state index contributed by atoms with van der Waals surface area (Å²) in [6, 6.07) is 73.2. The standard InChI is InChI=1S/C63H40N2O2S/c1-3-16-39(17-4-1)64(41-32-35-58-51(36-41)47-22-9-12-27-56(47)66-58)42-31-34-49-54(37-42)63(62-60(49)50-23-10-14-29-59(50)68-62)52-25-11-7-20-44(52)45-33-30-43(38-53(45)63)65(40-18-5-2-6-19-40)55-26-15-24-48-46-21-8-13-28-57(46)67-61(48)55/h2-3,5-38H,1,4H2. The molecule has 1 atom stereocenters. The van der Waals surface area contributed by atoms with Crippen LogP contribution in [-0.2, 0) is 5.41 Å². The fraction of sp³-hybridized carbons (Fsp3) is 0.0476. The summed E-state index contributed by atoms with van der Waals surface area (Å²) in [6.07, 6.45) is 9.01. The van der Waals surface area contributed by atoms with E-state index in [1.54, 1.807) is 0 Å². The van der Waals surface area contributed by atoms with Crippen molar-refractivity contribution in [3.8, 4) is 22.3 Å². The van der Waals surface area contributed by atoms with Gasteiger partial charge in [0.1, 0.15) is 16.7 Å². The highest BCUT2D eigenvalue weighted by Gasteiger charge is 2.54. The van der Waals surface area contributed by atoms with Crippen LogP contribution in [0.25, 0.3) is 76.2 Å². The van der Waals surface area contributed by atoms with Crippen molar-refractivity contribution in [2.45, 2.75) is 18.3 Å². The first-order chi connectivity index (χ1) is 33.7. The van der Waals surface area contributed by atoms with Gasteiger partial charge in [-0.15, -0.1) is 11.3 Å². The molecule has 9 aromatic carbocycles. The van der Waals surface area contributed by atoms with Crippen LogP contribution < -0.4 is 9.80 Å². The number of nitrogens with zero attached hydrogens (tertiary/aromatic N) is 2. The van der Waals surface area contributed by atoms with Gasteiger partial charge in [-0.25, -0.2) is 0 Å². The predicted molar refractivity (Wildman–Crippen MR) is 282 cm³/mol. The van der Waals surface area contributed by atoms with E-state index < -0.39 is 5.41 Å². The lowest BCUT2D eigenvalue weighted by Gasteiger charge is -2.33. The van der Waals surface area contributed by atoms with Crippen molar-refractivity contribution >= 4 is 93.7 Å². The second kappa shape index (κ2) is 14.3. The van der Waals surface area contributed by atoms with E-state index in [1.165, 1.54) is 59.6 Å². The Balaban J connectivity index is 1.00. The number of furan rings is 2. The van der Waals surface area contributed by atoms with E-state index in [-0.39, 0.29) is 0 Å². The van der Waals surface area contributed by atoms with Crippen molar-refractivity contribution in [3.63, 3.8) is 0 Å². The molecule has 3 aliphatic rings. The number of hydrogen-bond acceptors (Lipinski definition) is 5. The summed E-state index contributed by atoms with van der Waals surface area (Å²) >= 11 is 1.94. The maximum Gasteiger partial charge on any atom is 0.159 e. The lowest BCUT2D eigenvalue weighted by atomic mass is 9.73. The summed E-state index contributed by atoms with van der Waals surface area (Å²) < 4.78 is 14.4. The topological polar surface area (TPSA) is 32.8 Å². The van der Waals surface area contributed by atoms with Crippen LogP contribution in [0.2, 0.25) is 0 Å². The number of para-hydroxylation sites is 4. The van der Waals surface area contributed by atoms with E-state index in [2.05, 4.69) is 216 Å². The second-order valence-corrected chi connectivity index (χ2v) is 19.3. The zero-order valence-corrected chi connectivity index (χ0v) is 37.6. The van der Waals surface area contributed by atoms with E-state index in [0.717, 1.165) is 85.2 Å². The number of anilines is 5. The molecule has 0 radical (unpaired) electrons. The Bertz CT molecular complexity index is 4130. The molecule has 0 amide bonds. The third-order valence-corrected chi connectivity index (χ3v) is 15.9. The van der Waals surface area contributed by atoms with Crippen LogP contribution in [0.3, 0.4) is 0 Å². The van der Waals surface area contributed by atoms with E-state index in [9.17, 15) is 0 Å². The molecule has 1 spiro atoms. The third kappa shape index (κ3) is 5.19. The number of hydrogen-bond donors (Lipinski definition) is 0. The first-order valence-electron chi connectivity index (χ1n) is 23.5. The molecule has 1 unspecified atom stereocenters. The summed E-state index contributed by atoms with van der Waals surface area (Å²) in [5, 5.41) is 5.75. The van der Waals surface area contributed by atoms with Crippen molar-refractivity contribution in [1.29, 1.82) is 0 Å². The summed E-state index contributed by atoms with van der Waals surface area (Å²) in [5.74, 6) is 0. The van der Waals surface area contributed by atoms with Crippen molar-refractivity contribution in [2.24, 2.45) is 0 Å². The number of fused-ring (bicyclic) bond motifs is 18. The van der Waals surface area contributed by atoms with Crippen molar-refractivity contribution in [3.05, 3.63) is 246 Å². The average molecular weight is 889 g/mol. The van der Waals surface area contributed by atoms with Crippen LogP contribution in [-0.4, -0.2) is 0 Å². The van der Waals surface area contributed by atoms with Crippen LogP contribution >= 0.6 is 11.3 Å². The number of benzene rings is 9. The Kier molecular flexibility index (Phi) is 7.95. The summed E-state index contributed by atoms with van der Waals surface area (Å²) in [7, 11) is 0. The molecule has 0 saturated heterocycles. The molecule has 0 aliphatic heterocycles. The largest absolute Gasteiger partial charge is 0.456 e. The van der Waals surface area contributed by atoms with Gasteiger partial charge in [0.2, 0.25) is 0 Å². The van der Waals surface area contributed by atoms with Crippen LogP contribution in [0.15, 0.2) is 233 Å². The van der Waals surface area contributed by atoms with E-state index >= 15 is 0 Å². The molecular weight excluding hydrogens is 849 g/mol. The van der Waals surface area contributed by atoms with Crippen molar-refractivity contribution in [2.75, 3.05) is 9.80 Å². The molecule has 68 heavy (non-hydrogen) atoms. The molecule has 5 heteroatoms. The minimum absolute atomic E-state index is 0.604. The predicted octanol–water partition coefficient (Wildman–Crippen LogP) is 17.9. The molecule has 3 heterocycles. The normalized spacial score (nSPS) is 15.6. The Morgan fingerprint density at radius 2 is 1.06 bits per heavy atom. The fourth-order valence-electron chi connectivity index (χ4n) is 11.8. The first-order valence-corrected chi connectivity index (χ1v) is 24.3. The van der Waals surface area contributed by atoms with Gasteiger partial charge in [-0.05, 0) is 131 Å². The monoisotopic (exact) mass is 888 g/mol. The molecule has 0 fully saturated rings. The zero-order chi connectivity index (χ0) is 44.5. The lowest BCUT2D eigenvalue weighted by Crippen LogP contribution is -2.26. The number of thiophene rings is 1. The third-order valence-electron chi connectivity index (χ3n) is 14.6. The van der Waals surface area contributed by atoms with Gasteiger partial charge in [0, 0.05) is 70.5 Å². The molecule has 3 aromatic heterocycles. The van der Waals surface area contributed by atoms with E-state index in [0.29, 0.717) is 0 Å². The first kappa shape index (κ1) is 37.8. The van der Waals surface area contributed by atoms with E-state index in [4.69, 9.17) is 8.83 Å². The molecule has 0 bridgehead atoms. The Morgan fingerprint density at radius 3 is 1.90 bits per heavy atom. The lowest BCUT2D eigenvalue weighted by molar-refractivity contribution is 0.668. The van der Waals surface area contributed by atoms with Gasteiger partial charge in [-0.3, -0.25) is 0 Å². The minimum atomic E-state index is -0.604. The van der Waals surface area contributed by atoms with Crippen LogP contribution in [0, 0.1) is 0 Å². The molecule has 0 saturated carbocycles. The molecule has 12 aromatic rings. The van der Waals surface area contributed by atoms with Gasteiger partial charge in [0.25, 0.3) is 0 Å². The Morgan fingerprint density at radius 1 is 0.426 bits per heavy atom. The van der Waals surface area contributed by atoms with Gasteiger partial charge in [-0.2, -0.15) is 0 Å². The number of allylic oxidation sites excluding steroid dienone is 3. The summed E-state index contributed by atoms with van der Waals surface area (Å²) in [6.45, 7) is 0. The Labute approximate surface area is 396 Å². The zero-order valence-electron chi connectivity index (χ0n) is 36.8. The van der Waals surface area contributed by atoms with Gasteiger partial charge in [0.05, 0.1) is 11.1 Å². The van der Waals surface area contributed by atoms with Crippen LogP contribution in [0.1, 0.15) is 34.4 Å². The van der Waals surface area contributed by atoms with E-state index in [1.807, 2.05) is 23.5 Å². The quantitative estimate of drug-likeness (QED) is 0.167. The van der Waals surface area contributed by atoms with Crippen molar-refractivity contribution in [1.82, 2.24) is 0 Å². The molecule has 4 nitrogen and oxygen atoms in total. The van der Waals surface area contributed by atoms with Gasteiger partial charge in [-0.1, -0.05) is 133 Å². The highest BCUT2D eigenvalue weighted by molar-refractivity contribution is 7.20. The van der Waals surface area contributed by atoms with Gasteiger partial charge >= 0.3 is 0 Å². The van der Waals surface area contributed by atoms with Crippen LogP contribution in [0.5, 0.6) is 0 Å². The highest BCUT2D eigenvalue weighted by atomic mass is 32.1. The minimum Gasteiger partial charge on any atom is -0.456 e. The summed E-state index contributed by atoms with van der Waals surface area (Å²) in [5.41, 5.74) is 18.5. The highest BCUT2D eigenvalue weighted by Crippen LogP contribution is 2.67. The average Bonchev–Trinajstić information content (AvgIpc) is 4.20. The fourth-order valence-corrected chi connectivity index (χ4v) is 13.3. The molecule has 3 aliphatic carbocycles. The molecule has 15 rings (SSSR count). The maximum atomic E-state index is 6.77. The molecular formula is C63H40N2O2S. The summed E-state index contributed by atoms with van der Waals surface area (Å²) in [4.78, 5) is 6.21. The second-order valence-electron chi connectivity index (χ2n) is 18.2. The number of rotatable bonds is 6.